The molecule has 2 aliphatic rings. The van der Waals surface area contributed by atoms with Crippen LogP contribution in [-0.4, -0.2) is 44.4 Å². The molecule has 198 valence electrons. The molecule has 0 spiro atoms. The molecule has 3 aromatic carbocycles. The van der Waals surface area contributed by atoms with Gasteiger partial charge in [-0.2, -0.15) is 0 Å². The maximum absolute atomic E-state index is 13.2. The van der Waals surface area contributed by atoms with Gasteiger partial charge in [0.2, 0.25) is 9.84 Å². The van der Waals surface area contributed by atoms with Crippen LogP contribution in [0.25, 0.3) is 10.6 Å². The van der Waals surface area contributed by atoms with Crippen molar-refractivity contribution in [3.63, 3.8) is 0 Å². The number of benzene rings is 3. The Morgan fingerprint density at radius 3 is 2.69 bits per heavy atom. The van der Waals surface area contributed by atoms with Gasteiger partial charge in [-0.3, -0.25) is 9.59 Å². The van der Waals surface area contributed by atoms with Crippen molar-refractivity contribution in [1.29, 1.82) is 0 Å². The zero-order valence-electron chi connectivity index (χ0n) is 20.6. The molecule has 2 aliphatic heterocycles. The molecule has 0 aliphatic carbocycles. The van der Waals surface area contributed by atoms with Crippen molar-refractivity contribution >= 4 is 38.7 Å². The summed E-state index contributed by atoms with van der Waals surface area (Å²) in [6.45, 7) is 2.08. The van der Waals surface area contributed by atoms with E-state index in [4.69, 9.17) is 4.74 Å². The number of hydrogen-bond acceptors (Lipinski definition) is 8. The summed E-state index contributed by atoms with van der Waals surface area (Å²) in [5.74, 6) is -0.119. The lowest BCUT2D eigenvalue weighted by atomic mass is 10.1. The topological polar surface area (TPSA) is 126 Å². The largest absolute Gasteiger partial charge is 0.489 e. The zero-order valence-corrected chi connectivity index (χ0v) is 22.3. The van der Waals surface area contributed by atoms with Gasteiger partial charge in [-0.25, -0.2) is 13.4 Å². The van der Waals surface area contributed by atoms with Crippen LogP contribution in [-0.2, 0) is 16.4 Å². The number of carbonyl (C=O) groups excluding carboxylic acids is 2. The number of nitrogens with one attached hydrogen (secondary N) is 3. The Bertz CT molecular complexity index is 1680. The van der Waals surface area contributed by atoms with Crippen LogP contribution in [0, 0.1) is 0 Å². The second-order valence-electron chi connectivity index (χ2n) is 9.24. The van der Waals surface area contributed by atoms with Gasteiger partial charge in [0.05, 0.1) is 27.6 Å². The Balaban J connectivity index is 1.13. The third-order valence-corrected chi connectivity index (χ3v) is 9.51. The van der Waals surface area contributed by atoms with E-state index in [1.165, 1.54) is 41.7 Å². The van der Waals surface area contributed by atoms with Gasteiger partial charge in [-0.1, -0.05) is 12.1 Å². The van der Waals surface area contributed by atoms with Gasteiger partial charge in [0, 0.05) is 28.7 Å². The minimum atomic E-state index is -3.93. The molecule has 6 rings (SSSR count). The third-order valence-electron chi connectivity index (χ3n) is 6.60. The van der Waals surface area contributed by atoms with Crippen molar-refractivity contribution in [3.05, 3.63) is 88.9 Å². The first-order chi connectivity index (χ1) is 18.9. The minimum Gasteiger partial charge on any atom is -0.489 e. The Morgan fingerprint density at radius 2 is 1.90 bits per heavy atom. The summed E-state index contributed by atoms with van der Waals surface area (Å²) in [4.78, 5) is 30.8. The van der Waals surface area contributed by atoms with E-state index in [-0.39, 0.29) is 39.3 Å². The van der Waals surface area contributed by atoms with Gasteiger partial charge in [0.15, 0.2) is 0 Å². The van der Waals surface area contributed by atoms with Crippen molar-refractivity contribution < 1.29 is 22.7 Å². The SMILES string of the molecule is O=C(NCc1cnc(-c2ccc(O[C@@H]3CCNC3)cc2)s1)c1ccc2c(c1)NC(=O)c1ccccc1S2(=O)=O. The highest BCUT2D eigenvalue weighted by Crippen LogP contribution is 2.34. The molecular formula is C28H24N4O5S2. The molecular weight excluding hydrogens is 536 g/mol. The minimum absolute atomic E-state index is 0.0548. The van der Waals surface area contributed by atoms with Crippen LogP contribution >= 0.6 is 11.3 Å². The Morgan fingerprint density at radius 1 is 1.08 bits per heavy atom. The number of hydrogen-bond donors (Lipinski definition) is 3. The predicted molar refractivity (Wildman–Crippen MR) is 147 cm³/mol. The molecule has 39 heavy (non-hydrogen) atoms. The van der Waals surface area contributed by atoms with Crippen molar-refractivity contribution in [2.45, 2.75) is 28.9 Å². The van der Waals surface area contributed by atoms with Crippen LogP contribution in [0.4, 0.5) is 5.69 Å². The maximum atomic E-state index is 13.2. The summed E-state index contributed by atoms with van der Waals surface area (Å²) < 4.78 is 32.3. The van der Waals surface area contributed by atoms with Gasteiger partial charge in [-0.15, -0.1) is 11.3 Å². The Hall–Kier alpha value is -4.06. The number of carbonyl (C=O) groups is 2. The van der Waals surface area contributed by atoms with Crippen LogP contribution in [0.1, 0.15) is 32.0 Å². The molecule has 1 aromatic heterocycles. The molecule has 0 radical (unpaired) electrons. The summed E-state index contributed by atoms with van der Waals surface area (Å²) in [6.07, 6.45) is 2.91. The summed E-state index contributed by atoms with van der Waals surface area (Å²) >= 11 is 1.47. The molecule has 4 aromatic rings. The van der Waals surface area contributed by atoms with Crippen LogP contribution < -0.4 is 20.7 Å². The van der Waals surface area contributed by atoms with E-state index in [0.717, 1.165) is 40.7 Å². The number of amides is 2. The summed E-state index contributed by atoms with van der Waals surface area (Å²) in [7, 11) is -3.93. The van der Waals surface area contributed by atoms with Crippen LogP contribution in [0.15, 0.2) is 82.7 Å². The van der Waals surface area contributed by atoms with Crippen LogP contribution in [0.5, 0.6) is 5.75 Å². The molecule has 9 nitrogen and oxygen atoms in total. The monoisotopic (exact) mass is 560 g/mol. The lowest BCUT2D eigenvalue weighted by molar-refractivity contribution is 0.0949. The summed E-state index contributed by atoms with van der Waals surface area (Å²) in [5.41, 5.74) is 1.32. The average molecular weight is 561 g/mol. The van der Waals surface area contributed by atoms with Gasteiger partial charge in [0.1, 0.15) is 16.9 Å². The molecule has 0 unspecified atom stereocenters. The Labute approximate surface area is 229 Å². The number of fused-ring (bicyclic) bond motifs is 2. The van der Waals surface area contributed by atoms with Gasteiger partial charge < -0.3 is 20.7 Å². The normalized spacial score (nSPS) is 17.4. The molecule has 11 heteroatoms. The number of ether oxygens (including phenoxy) is 1. The van der Waals surface area contributed by atoms with Crippen molar-refractivity contribution in [2.75, 3.05) is 18.4 Å². The van der Waals surface area contributed by atoms with E-state index in [9.17, 15) is 18.0 Å². The molecule has 1 atom stereocenters. The van der Waals surface area contributed by atoms with Gasteiger partial charge >= 0.3 is 0 Å². The number of sulfone groups is 1. The molecule has 1 fully saturated rings. The van der Waals surface area contributed by atoms with E-state index in [1.54, 1.807) is 18.3 Å². The summed E-state index contributed by atoms with van der Waals surface area (Å²) in [5, 5.41) is 9.58. The lowest BCUT2D eigenvalue weighted by Crippen LogP contribution is -2.22. The number of thiazole rings is 1. The first kappa shape index (κ1) is 25.2. The maximum Gasteiger partial charge on any atom is 0.257 e. The van der Waals surface area contributed by atoms with Gasteiger partial charge in [-0.05, 0) is 67.6 Å². The zero-order chi connectivity index (χ0) is 27.0. The smallest absolute Gasteiger partial charge is 0.257 e. The predicted octanol–water partition coefficient (Wildman–Crippen LogP) is 3.88. The second kappa shape index (κ2) is 10.3. The second-order valence-corrected chi connectivity index (χ2v) is 12.2. The van der Waals surface area contributed by atoms with Crippen LogP contribution in [0.3, 0.4) is 0 Å². The lowest BCUT2D eigenvalue weighted by Gasteiger charge is -2.12. The first-order valence-corrected chi connectivity index (χ1v) is 14.7. The average Bonchev–Trinajstić information content (AvgIpc) is 3.63. The van der Waals surface area contributed by atoms with E-state index in [0.29, 0.717) is 0 Å². The first-order valence-electron chi connectivity index (χ1n) is 12.4. The van der Waals surface area contributed by atoms with E-state index < -0.39 is 21.7 Å². The summed E-state index contributed by atoms with van der Waals surface area (Å²) in [6, 6.07) is 18.0. The van der Waals surface area contributed by atoms with Crippen molar-refractivity contribution in [1.82, 2.24) is 15.6 Å². The third kappa shape index (κ3) is 5.03. The fraction of sp³-hybridized carbons (Fsp3) is 0.179. The number of nitrogens with zero attached hydrogens (tertiary/aromatic N) is 1. The molecule has 3 heterocycles. The van der Waals surface area contributed by atoms with Gasteiger partial charge in [0.25, 0.3) is 11.8 Å². The van der Waals surface area contributed by atoms with Crippen LogP contribution in [0.2, 0.25) is 0 Å². The van der Waals surface area contributed by atoms with E-state index in [1.807, 2.05) is 24.3 Å². The fourth-order valence-electron chi connectivity index (χ4n) is 4.59. The molecule has 2 amide bonds. The quantitative estimate of drug-likeness (QED) is 0.327. The molecule has 0 bridgehead atoms. The number of rotatable bonds is 6. The highest BCUT2D eigenvalue weighted by Gasteiger charge is 2.31. The molecule has 3 N–H and O–H groups in total. The fourth-order valence-corrected chi connectivity index (χ4v) is 7.04. The highest BCUT2D eigenvalue weighted by atomic mass is 32.2. The molecule has 1 saturated heterocycles. The van der Waals surface area contributed by atoms with E-state index >= 15 is 0 Å². The number of anilines is 1. The Kier molecular flexibility index (Phi) is 6.63. The molecule has 0 saturated carbocycles. The number of aromatic nitrogens is 1. The highest BCUT2D eigenvalue weighted by molar-refractivity contribution is 7.91. The van der Waals surface area contributed by atoms with Crippen molar-refractivity contribution in [3.8, 4) is 16.3 Å². The standard InChI is InChI=1S/C28H24N4O5S2/c33-26(18-7-10-25-23(13-18)32-27(34)22-3-1-2-4-24(22)39(25,35)36)30-15-21-16-31-28(38-21)17-5-8-19(9-6-17)37-20-11-12-29-14-20/h1-10,13,16,20,29H,11-12,14-15H2,(H,30,33)(H,32,34)/t20-/m1/s1. The van der Waals surface area contributed by atoms with Crippen molar-refractivity contribution in [2.24, 2.45) is 0 Å². The van der Waals surface area contributed by atoms with E-state index in [2.05, 4.69) is 20.9 Å².